The molecule has 36 heavy (non-hydrogen) atoms. The highest BCUT2D eigenvalue weighted by atomic mass is 35.5. The van der Waals surface area contributed by atoms with Crippen LogP contribution in [0.1, 0.15) is 22.2 Å². The van der Waals surface area contributed by atoms with Gasteiger partial charge in [0.05, 0.1) is 18.5 Å². The van der Waals surface area contributed by atoms with Crippen LogP contribution in [0.2, 0.25) is 5.02 Å². The number of halogens is 1. The second-order valence-corrected chi connectivity index (χ2v) is 9.72. The molecular weight excluding hydrogens is 490 g/mol. The van der Waals surface area contributed by atoms with Crippen LogP contribution in [-0.2, 0) is 6.42 Å². The van der Waals surface area contributed by atoms with Gasteiger partial charge in [-0.05, 0) is 71.6 Å². The van der Waals surface area contributed by atoms with Crippen LogP contribution in [0.15, 0.2) is 78.9 Å². The van der Waals surface area contributed by atoms with E-state index in [1.165, 1.54) is 11.3 Å². The van der Waals surface area contributed by atoms with E-state index in [-0.39, 0.29) is 5.91 Å². The van der Waals surface area contributed by atoms with Crippen molar-refractivity contribution in [2.75, 3.05) is 18.2 Å². The molecule has 3 aromatic carbocycles. The van der Waals surface area contributed by atoms with Crippen LogP contribution >= 0.6 is 22.9 Å². The van der Waals surface area contributed by atoms with Crippen LogP contribution in [0.4, 0.5) is 11.4 Å². The third-order valence-corrected chi connectivity index (χ3v) is 7.44. The molecule has 3 N–H and O–H groups in total. The quantitative estimate of drug-likeness (QED) is 0.244. The molecule has 0 aliphatic heterocycles. The van der Waals surface area contributed by atoms with Gasteiger partial charge in [-0.1, -0.05) is 48.9 Å². The molecule has 7 heteroatoms. The number of methoxy groups -OCH3 is 1. The predicted octanol–water partition coefficient (Wildman–Crippen LogP) is 7.69. The van der Waals surface area contributed by atoms with Crippen molar-refractivity contribution in [2.45, 2.75) is 13.3 Å². The molecule has 0 saturated heterocycles. The number of aryl methyl sites for hydroxylation is 1. The van der Waals surface area contributed by atoms with Crippen LogP contribution in [0.5, 0.6) is 5.75 Å². The molecule has 5 nitrogen and oxygen atoms in total. The number of fused-ring (bicyclic) bond motifs is 1. The maximum absolute atomic E-state index is 13.4. The summed E-state index contributed by atoms with van der Waals surface area (Å²) < 4.78 is 5.30. The van der Waals surface area contributed by atoms with E-state index in [2.05, 4.69) is 12.2 Å². The molecule has 0 aliphatic rings. The third kappa shape index (κ3) is 4.53. The second kappa shape index (κ2) is 10.0. The highest BCUT2D eigenvalue weighted by Crippen LogP contribution is 2.42. The van der Waals surface area contributed by atoms with Gasteiger partial charge in [-0.25, -0.2) is 4.98 Å². The zero-order valence-corrected chi connectivity index (χ0v) is 21.4. The number of ether oxygens (including phenoxy) is 1. The lowest BCUT2D eigenvalue weighted by atomic mass is 9.99. The van der Waals surface area contributed by atoms with Gasteiger partial charge < -0.3 is 15.8 Å². The highest BCUT2D eigenvalue weighted by molar-refractivity contribution is 7.21. The van der Waals surface area contributed by atoms with Crippen LogP contribution < -0.4 is 15.8 Å². The Bertz CT molecular complexity index is 1560. The Morgan fingerprint density at radius 1 is 1.03 bits per heavy atom. The predicted molar refractivity (Wildman–Crippen MR) is 150 cm³/mol. The number of carbonyl (C=O) groups is 1. The molecule has 180 valence electrons. The molecule has 0 spiro atoms. The number of nitrogen functional groups attached to an aromatic ring is 1. The van der Waals surface area contributed by atoms with Gasteiger partial charge in [-0.3, -0.25) is 4.79 Å². The van der Waals surface area contributed by atoms with Crippen molar-refractivity contribution in [3.05, 3.63) is 94.3 Å². The molecule has 0 atom stereocenters. The Hall–Kier alpha value is -3.87. The monoisotopic (exact) mass is 513 g/mol. The number of hydrogen-bond acceptors (Lipinski definition) is 5. The van der Waals surface area contributed by atoms with Gasteiger partial charge in [0.1, 0.15) is 15.5 Å². The summed E-state index contributed by atoms with van der Waals surface area (Å²) in [6.45, 7) is 2.06. The molecule has 5 aromatic rings. The minimum atomic E-state index is -0.246. The molecule has 2 heterocycles. The number of benzene rings is 3. The first kappa shape index (κ1) is 23.9. The summed E-state index contributed by atoms with van der Waals surface area (Å²) in [6, 6.07) is 25.1. The normalized spacial score (nSPS) is 11.0. The van der Waals surface area contributed by atoms with E-state index in [1.807, 2.05) is 78.9 Å². The lowest BCUT2D eigenvalue weighted by Gasteiger charge is -2.10. The number of carbonyl (C=O) groups excluding carboxylic acids is 1. The third-order valence-electron chi connectivity index (χ3n) is 6.09. The molecule has 0 fully saturated rings. The number of aromatic nitrogens is 1. The molecule has 0 bridgehead atoms. The molecule has 0 aliphatic carbocycles. The second-order valence-electron chi connectivity index (χ2n) is 8.28. The summed E-state index contributed by atoms with van der Waals surface area (Å²) in [5.74, 6) is 0.522. The minimum Gasteiger partial charge on any atom is -0.497 e. The smallest absolute Gasteiger partial charge is 0.267 e. The summed E-state index contributed by atoms with van der Waals surface area (Å²) in [4.78, 5) is 19.4. The van der Waals surface area contributed by atoms with Crippen molar-refractivity contribution in [1.82, 2.24) is 4.98 Å². The van der Waals surface area contributed by atoms with E-state index >= 15 is 0 Å². The van der Waals surface area contributed by atoms with Crippen molar-refractivity contribution >= 4 is 50.4 Å². The molecule has 1 amide bonds. The maximum Gasteiger partial charge on any atom is 0.267 e. The average Bonchev–Trinajstić information content (AvgIpc) is 3.25. The molecule has 5 rings (SSSR count). The summed E-state index contributed by atoms with van der Waals surface area (Å²) >= 11 is 7.45. The fourth-order valence-electron chi connectivity index (χ4n) is 4.19. The lowest BCUT2D eigenvalue weighted by Crippen LogP contribution is -2.13. The number of hydrogen-bond donors (Lipinski definition) is 2. The molecule has 0 saturated carbocycles. The van der Waals surface area contributed by atoms with Crippen LogP contribution in [0, 0.1) is 0 Å². The zero-order chi connectivity index (χ0) is 25.2. The first-order valence-corrected chi connectivity index (χ1v) is 12.7. The summed E-state index contributed by atoms with van der Waals surface area (Å²) in [6.07, 6.45) is 0.811. The highest BCUT2D eigenvalue weighted by Gasteiger charge is 2.22. The Morgan fingerprint density at radius 3 is 2.42 bits per heavy atom. The van der Waals surface area contributed by atoms with E-state index in [0.29, 0.717) is 20.4 Å². The zero-order valence-electron chi connectivity index (χ0n) is 19.8. The first-order chi connectivity index (χ1) is 17.5. The van der Waals surface area contributed by atoms with Crippen molar-refractivity contribution in [1.29, 1.82) is 0 Å². The van der Waals surface area contributed by atoms with Crippen molar-refractivity contribution < 1.29 is 9.53 Å². The molecule has 0 radical (unpaired) electrons. The van der Waals surface area contributed by atoms with E-state index in [9.17, 15) is 4.79 Å². The average molecular weight is 514 g/mol. The van der Waals surface area contributed by atoms with Gasteiger partial charge in [0.15, 0.2) is 0 Å². The number of amides is 1. The summed E-state index contributed by atoms with van der Waals surface area (Å²) in [7, 11) is 1.64. The summed E-state index contributed by atoms with van der Waals surface area (Å²) in [5.41, 5.74) is 12.4. The van der Waals surface area contributed by atoms with Crippen LogP contribution in [0.3, 0.4) is 0 Å². The van der Waals surface area contributed by atoms with Crippen LogP contribution in [-0.4, -0.2) is 18.0 Å². The van der Waals surface area contributed by atoms with Crippen molar-refractivity contribution in [2.24, 2.45) is 0 Å². The molecule has 2 aromatic heterocycles. The van der Waals surface area contributed by atoms with E-state index < -0.39 is 0 Å². The van der Waals surface area contributed by atoms with Gasteiger partial charge in [0.25, 0.3) is 5.91 Å². The maximum atomic E-state index is 13.4. The fraction of sp³-hybridized carbons (Fsp3) is 0.103. The number of nitrogens with zero attached hydrogens (tertiary/aromatic N) is 1. The van der Waals surface area contributed by atoms with E-state index in [4.69, 9.17) is 27.1 Å². The number of thiophene rings is 1. The number of nitrogens with two attached hydrogens (primary N) is 1. The SMILES string of the molecule is CCc1ccccc1NC(=O)c1sc2nc(-c3ccc(OC)cc3)cc(-c3ccc(Cl)cc3)c2c1N. The van der Waals surface area contributed by atoms with Gasteiger partial charge in [0.2, 0.25) is 0 Å². The van der Waals surface area contributed by atoms with Crippen molar-refractivity contribution in [3.8, 4) is 28.1 Å². The van der Waals surface area contributed by atoms with Gasteiger partial charge in [-0.2, -0.15) is 0 Å². The Labute approximate surface area is 218 Å². The topological polar surface area (TPSA) is 77.2 Å². The first-order valence-electron chi connectivity index (χ1n) is 11.5. The summed E-state index contributed by atoms with van der Waals surface area (Å²) in [5, 5.41) is 4.44. The number of rotatable bonds is 6. The fourth-order valence-corrected chi connectivity index (χ4v) is 5.33. The number of anilines is 2. The van der Waals surface area contributed by atoms with E-state index in [1.54, 1.807) is 7.11 Å². The van der Waals surface area contributed by atoms with E-state index in [0.717, 1.165) is 51.2 Å². The van der Waals surface area contributed by atoms with Gasteiger partial charge in [-0.15, -0.1) is 11.3 Å². The lowest BCUT2D eigenvalue weighted by molar-refractivity contribution is 0.103. The number of pyridine rings is 1. The standard InChI is InChI=1S/C29H24ClN3O2S/c1-3-17-6-4-5-7-23(17)32-28(34)27-26(31)25-22(18-8-12-20(30)13-9-18)16-24(33-29(25)36-27)19-10-14-21(35-2)15-11-19/h4-16H,3,31H2,1-2H3,(H,32,34). The number of nitrogens with one attached hydrogen (secondary N) is 1. The van der Waals surface area contributed by atoms with Gasteiger partial charge in [0, 0.05) is 21.7 Å². The Morgan fingerprint density at radius 2 is 1.72 bits per heavy atom. The van der Waals surface area contributed by atoms with Crippen LogP contribution in [0.25, 0.3) is 32.6 Å². The Kier molecular flexibility index (Phi) is 6.63. The van der Waals surface area contributed by atoms with Crippen molar-refractivity contribution in [3.63, 3.8) is 0 Å². The Balaban J connectivity index is 1.65. The molecule has 0 unspecified atom stereocenters. The largest absolute Gasteiger partial charge is 0.497 e. The molecular formula is C29H24ClN3O2S. The number of para-hydroxylation sites is 1. The van der Waals surface area contributed by atoms with Gasteiger partial charge >= 0.3 is 0 Å². The minimum absolute atomic E-state index is 0.246.